The first-order chi connectivity index (χ1) is 13.3. The molecule has 0 bridgehead atoms. The standard InChI is InChI=1S/C23H29N3O2/c1-23(2,3)21(27)26-15-13-18-11-12-19(16-20(18)26)25-22(28)24-14-7-10-17-8-5-4-6-9-17/h4-6,8-9,11-12,16H,7,10,13-15H2,1-3H3,(H2,24,25,28). The fraction of sp³-hybridized carbons (Fsp3) is 0.391. The minimum absolute atomic E-state index is 0.105. The summed E-state index contributed by atoms with van der Waals surface area (Å²) in [5.41, 5.74) is 3.59. The first kappa shape index (κ1) is 19.9. The quantitative estimate of drug-likeness (QED) is 0.758. The molecule has 3 rings (SSSR count). The highest BCUT2D eigenvalue weighted by Gasteiger charge is 2.32. The second kappa shape index (κ2) is 8.46. The predicted octanol–water partition coefficient (Wildman–Crippen LogP) is 4.38. The zero-order chi connectivity index (χ0) is 20.1. The van der Waals surface area contributed by atoms with Crippen molar-refractivity contribution in [3.05, 3.63) is 59.7 Å². The molecule has 2 aromatic carbocycles. The highest BCUT2D eigenvalue weighted by molar-refractivity contribution is 6.00. The van der Waals surface area contributed by atoms with E-state index in [9.17, 15) is 9.59 Å². The lowest BCUT2D eigenvalue weighted by Gasteiger charge is -2.26. The first-order valence-electron chi connectivity index (χ1n) is 9.88. The van der Waals surface area contributed by atoms with E-state index in [0.717, 1.165) is 30.5 Å². The molecular weight excluding hydrogens is 350 g/mol. The number of nitrogens with one attached hydrogen (secondary N) is 2. The number of rotatable bonds is 5. The summed E-state index contributed by atoms with van der Waals surface area (Å²) in [4.78, 5) is 26.7. The summed E-state index contributed by atoms with van der Waals surface area (Å²) >= 11 is 0. The minimum Gasteiger partial charge on any atom is -0.338 e. The van der Waals surface area contributed by atoms with Crippen LogP contribution in [-0.2, 0) is 17.6 Å². The Bertz CT molecular complexity index is 841. The van der Waals surface area contributed by atoms with Crippen molar-refractivity contribution >= 4 is 23.3 Å². The summed E-state index contributed by atoms with van der Waals surface area (Å²) in [7, 11) is 0. The third-order valence-electron chi connectivity index (χ3n) is 4.90. The van der Waals surface area contributed by atoms with E-state index >= 15 is 0 Å². The van der Waals surface area contributed by atoms with Crippen LogP contribution in [0.5, 0.6) is 0 Å². The number of carbonyl (C=O) groups excluding carboxylic acids is 2. The van der Waals surface area contributed by atoms with Crippen LogP contribution in [0.25, 0.3) is 0 Å². The second-order valence-corrected chi connectivity index (χ2v) is 8.27. The number of carbonyl (C=O) groups is 2. The Morgan fingerprint density at radius 2 is 1.82 bits per heavy atom. The van der Waals surface area contributed by atoms with Gasteiger partial charge in [0, 0.05) is 29.9 Å². The van der Waals surface area contributed by atoms with Gasteiger partial charge in [0.25, 0.3) is 0 Å². The zero-order valence-electron chi connectivity index (χ0n) is 16.9. The van der Waals surface area contributed by atoms with Gasteiger partial charge < -0.3 is 15.5 Å². The molecule has 0 spiro atoms. The van der Waals surface area contributed by atoms with Crippen LogP contribution in [0.1, 0.15) is 38.3 Å². The van der Waals surface area contributed by atoms with Crippen molar-refractivity contribution in [2.24, 2.45) is 5.41 Å². The molecule has 1 heterocycles. The molecule has 5 heteroatoms. The van der Waals surface area contributed by atoms with Gasteiger partial charge in [0.05, 0.1) is 0 Å². The van der Waals surface area contributed by atoms with E-state index in [-0.39, 0.29) is 11.9 Å². The summed E-state index contributed by atoms with van der Waals surface area (Å²) in [5, 5.41) is 5.78. The van der Waals surface area contributed by atoms with Gasteiger partial charge in [-0.1, -0.05) is 57.2 Å². The molecule has 5 nitrogen and oxygen atoms in total. The van der Waals surface area contributed by atoms with Gasteiger partial charge in [-0.3, -0.25) is 4.79 Å². The fourth-order valence-electron chi connectivity index (χ4n) is 3.39. The molecule has 0 radical (unpaired) electrons. The number of hydrogen-bond acceptors (Lipinski definition) is 2. The lowest BCUT2D eigenvalue weighted by atomic mass is 9.94. The molecule has 0 aliphatic carbocycles. The van der Waals surface area contributed by atoms with E-state index in [0.29, 0.717) is 18.8 Å². The van der Waals surface area contributed by atoms with Crippen LogP contribution in [0.4, 0.5) is 16.2 Å². The van der Waals surface area contributed by atoms with Gasteiger partial charge in [-0.2, -0.15) is 0 Å². The monoisotopic (exact) mass is 379 g/mol. The number of hydrogen-bond donors (Lipinski definition) is 2. The van der Waals surface area contributed by atoms with E-state index in [4.69, 9.17) is 0 Å². The summed E-state index contributed by atoms with van der Waals surface area (Å²) in [6, 6.07) is 15.8. The Morgan fingerprint density at radius 1 is 1.07 bits per heavy atom. The van der Waals surface area contributed by atoms with E-state index < -0.39 is 5.41 Å². The Labute approximate surface area is 167 Å². The number of nitrogens with zero attached hydrogens (tertiary/aromatic N) is 1. The van der Waals surface area contributed by atoms with E-state index in [1.54, 1.807) is 0 Å². The highest BCUT2D eigenvalue weighted by atomic mass is 16.2. The molecule has 0 unspecified atom stereocenters. The molecule has 0 aromatic heterocycles. The average molecular weight is 380 g/mol. The van der Waals surface area contributed by atoms with Gasteiger partial charge in [0.2, 0.25) is 5.91 Å². The van der Waals surface area contributed by atoms with Crippen LogP contribution in [0.15, 0.2) is 48.5 Å². The molecule has 28 heavy (non-hydrogen) atoms. The third-order valence-corrected chi connectivity index (χ3v) is 4.90. The van der Waals surface area contributed by atoms with Gasteiger partial charge in [-0.05, 0) is 42.5 Å². The van der Waals surface area contributed by atoms with Crippen LogP contribution in [0, 0.1) is 5.41 Å². The molecule has 1 aliphatic heterocycles. The molecule has 1 aliphatic rings. The van der Waals surface area contributed by atoms with Gasteiger partial charge >= 0.3 is 6.03 Å². The van der Waals surface area contributed by atoms with Crippen molar-refractivity contribution in [1.82, 2.24) is 5.32 Å². The summed E-state index contributed by atoms with van der Waals surface area (Å²) in [6.45, 7) is 7.09. The normalized spacial score (nSPS) is 13.2. The summed E-state index contributed by atoms with van der Waals surface area (Å²) in [5.74, 6) is 0.105. The lowest BCUT2D eigenvalue weighted by molar-refractivity contribution is -0.125. The molecule has 3 amide bonds. The van der Waals surface area contributed by atoms with Crippen molar-refractivity contribution in [2.75, 3.05) is 23.3 Å². The van der Waals surface area contributed by atoms with Crippen LogP contribution >= 0.6 is 0 Å². The van der Waals surface area contributed by atoms with E-state index in [2.05, 4.69) is 22.8 Å². The summed E-state index contributed by atoms with van der Waals surface area (Å²) in [6.07, 6.45) is 2.67. The summed E-state index contributed by atoms with van der Waals surface area (Å²) < 4.78 is 0. The van der Waals surface area contributed by atoms with Gasteiger partial charge in [0.1, 0.15) is 0 Å². The average Bonchev–Trinajstić information content (AvgIpc) is 3.08. The maximum Gasteiger partial charge on any atom is 0.319 e. The molecule has 148 valence electrons. The van der Waals surface area contributed by atoms with Crippen molar-refractivity contribution < 1.29 is 9.59 Å². The van der Waals surface area contributed by atoms with E-state index in [1.165, 1.54) is 5.56 Å². The molecule has 2 aromatic rings. The second-order valence-electron chi connectivity index (χ2n) is 8.27. The number of amides is 3. The Balaban J connectivity index is 1.54. The smallest absolute Gasteiger partial charge is 0.319 e. The fourth-order valence-corrected chi connectivity index (χ4v) is 3.39. The number of benzene rings is 2. The third kappa shape index (κ3) is 4.91. The zero-order valence-corrected chi connectivity index (χ0v) is 16.9. The first-order valence-corrected chi connectivity index (χ1v) is 9.88. The number of anilines is 2. The topological polar surface area (TPSA) is 61.4 Å². The largest absolute Gasteiger partial charge is 0.338 e. The van der Waals surface area contributed by atoms with Crippen molar-refractivity contribution in [3.63, 3.8) is 0 Å². The minimum atomic E-state index is -0.429. The molecule has 0 fully saturated rings. The molecule has 2 N–H and O–H groups in total. The SMILES string of the molecule is CC(C)(C)C(=O)N1CCc2ccc(NC(=O)NCCCc3ccccc3)cc21. The van der Waals surface area contributed by atoms with Crippen molar-refractivity contribution in [3.8, 4) is 0 Å². The number of fused-ring (bicyclic) bond motifs is 1. The molecule has 0 saturated heterocycles. The Morgan fingerprint density at radius 3 is 2.54 bits per heavy atom. The van der Waals surface area contributed by atoms with Gasteiger partial charge in [0.15, 0.2) is 0 Å². The number of urea groups is 1. The lowest BCUT2D eigenvalue weighted by Crippen LogP contribution is -2.38. The van der Waals surface area contributed by atoms with Gasteiger partial charge in [-0.25, -0.2) is 4.79 Å². The Hall–Kier alpha value is -2.82. The van der Waals surface area contributed by atoms with Crippen molar-refractivity contribution in [2.45, 2.75) is 40.0 Å². The maximum atomic E-state index is 12.7. The number of aryl methyl sites for hydroxylation is 1. The predicted molar refractivity (Wildman–Crippen MR) is 114 cm³/mol. The van der Waals surface area contributed by atoms with Gasteiger partial charge in [-0.15, -0.1) is 0 Å². The van der Waals surface area contributed by atoms with Crippen LogP contribution in [-0.4, -0.2) is 25.0 Å². The Kier molecular flexibility index (Phi) is 6.02. The molecular formula is C23H29N3O2. The van der Waals surface area contributed by atoms with Crippen LogP contribution in [0.3, 0.4) is 0 Å². The molecule has 0 saturated carbocycles. The van der Waals surface area contributed by atoms with E-state index in [1.807, 2.05) is 62.1 Å². The highest BCUT2D eigenvalue weighted by Crippen LogP contribution is 2.33. The van der Waals surface area contributed by atoms with Crippen LogP contribution in [0.2, 0.25) is 0 Å². The van der Waals surface area contributed by atoms with Crippen LogP contribution < -0.4 is 15.5 Å². The van der Waals surface area contributed by atoms with Crippen molar-refractivity contribution in [1.29, 1.82) is 0 Å². The maximum absolute atomic E-state index is 12.7. The molecule has 0 atom stereocenters.